The Balaban J connectivity index is 1.09. The lowest BCUT2D eigenvalue weighted by Gasteiger charge is -2.17. The summed E-state index contributed by atoms with van der Waals surface area (Å²) in [5.41, 5.74) is 11.3. The topological polar surface area (TPSA) is 69.9 Å². The molecule has 0 aliphatic carbocycles. The monoisotopic (exact) mass is 780 g/mol. The van der Waals surface area contributed by atoms with E-state index in [0.717, 1.165) is 88.4 Å². The molecule has 0 fully saturated rings. The van der Waals surface area contributed by atoms with E-state index in [2.05, 4.69) is 132 Å². The lowest BCUT2D eigenvalue weighted by Crippen LogP contribution is -2.02. The minimum Gasteiger partial charge on any atom is -0.456 e. The molecule has 0 saturated carbocycles. The fraction of sp³-hybridized carbons (Fsp3) is 0. The summed E-state index contributed by atoms with van der Waals surface area (Å²) in [7, 11) is 0. The fourth-order valence-electron chi connectivity index (χ4n) is 9.22. The maximum Gasteiger partial charge on any atom is 0.164 e. The third-order valence-electron chi connectivity index (χ3n) is 12.0. The van der Waals surface area contributed by atoms with Crippen LogP contribution < -0.4 is 0 Å². The Morgan fingerprint density at radius 1 is 0.328 bits per heavy atom. The number of furan rings is 2. The summed E-state index contributed by atoms with van der Waals surface area (Å²) in [6.07, 6.45) is 0. The zero-order chi connectivity index (χ0) is 40.0. The molecule has 0 atom stereocenters. The Morgan fingerprint density at radius 3 is 1.74 bits per heavy atom. The molecular weight excluding hydrogens is 749 g/mol. The summed E-state index contributed by atoms with van der Waals surface area (Å²) in [4.78, 5) is 15.5. The first-order valence-corrected chi connectivity index (χ1v) is 20.4. The third kappa shape index (κ3) is 5.26. The molecule has 0 bridgehead atoms. The highest BCUT2D eigenvalue weighted by Crippen LogP contribution is 2.43. The van der Waals surface area contributed by atoms with E-state index >= 15 is 0 Å². The fourth-order valence-corrected chi connectivity index (χ4v) is 9.22. The average Bonchev–Trinajstić information content (AvgIpc) is 4.00. The second kappa shape index (κ2) is 13.1. The Hall–Kier alpha value is -8.35. The molecule has 9 aromatic carbocycles. The highest BCUT2D eigenvalue weighted by atomic mass is 16.3. The van der Waals surface area contributed by atoms with Crippen LogP contribution in [0.1, 0.15) is 0 Å². The number of rotatable bonds is 5. The van der Waals surface area contributed by atoms with Crippen molar-refractivity contribution >= 4 is 76.5 Å². The summed E-state index contributed by atoms with van der Waals surface area (Å²) in [5.74, 6) is 1.72. The van der Waals surface area contributed by atoms with Gasteiger partial charge in [-0.25, -0.2) is 15.0 Å². The van der Waals surface area contributed by atoms with Crippen LogP contribution in [0.4, 0.5) is 0 Å². The largest absolute Gasteiger partial charge is 0.456 e. The van der Waals surface area contributed by atoms with Gasteiger partial charge in [-0.05, 0) is 83.1 Å². The predicted octanol–water partition coefficient (Wildman–Crippen LogP) is 14.6. The molecule has 4 heterocycles. The van der Waals surface area contributed by atoms with Gasteiger partial charge in [-0.3, -0.25) is 0 Å². The Morgan fingerprint density at radius 2 is 0.918 bits per heavy atom. The van der Waals surface area contributed by atoms with Crippen LogP contribution in [0, 0.1) is 0 Å². The van der Waals surface area contributed by atoms with Crippen molar-refractivity contribution in [2.75, 3.05) is 0 Å². The molecule has 6 heteroatoms. The van der Waals surface area contributed by atoms with Crippen LogP contribution in [-0.2, 0) is 0 Å². The number of hydrogen-bond donors (Lipinski definition) is 0. The Kier molecular flexibility index (Phi) is 7.21. The highest BCUT2D eigenvalue weighted by Gasteiger charge is 2.22. The van der Waals surface area contributed by atoms with Gasteiger partial charge in [0, 0.05) is 54.6 Å². The average molecular weight is 781 g/mol. The van der Waals surface area contributed by atoms with Crippen LogP contribution in [-0.4, -0.2) is 19.5 Å². The zero-order valence-corrected chi connectivity index (χ0v) is 32.6. The van der Waals surface area contributed by atoms with Crippen LogP contribution in [0.2, 0.25) is 0 Å². The van der Waals surface area contributed by atoms with Gasteiger partial charge in [0.2, 0.25) is 0 Å². The van der Waals surface area contributed by atoms with E-state index in [1.54, 1.807) is 0 Å². The molecule has 0 unspecified atom stereocenters. The minimum absolute atomic E-state index is 0.564. The van der Waals surface area contributed by atoms with Crippen LogP contribution in [0.25, 0.3) is 127 Å². The van der Waals surface area contributed by atoms with Crippen LogP contribution in [0.3, 0.4) is 0 Å². The maximum absolute atomic E-state index is 6.48. The van der Waals surface area contributed by atoms with Crippen LogP contribution in [0.5, 0.6) is 0 Å². The number of hydrogen-bond acceptors (Lipinski definition) is 5. The number of para-hydroxylation sites is 3. The van der Waals surface area contributed by atoms with Gasteiger partial charge >= 0.3 is 0 Å². The summed E-state index contributed by atoms with van der Waals surface area (Å²) in [6.45, 7) is 0. The Bertz CT molecular complexity index is 3900. The number of aromatic nitrogens is 4. The number of fused-ring (bicyclic) bond motifs is 10. The van der Waals surface area contributed by atoms with Gasteiger partial charge in [-0.2, -0.15) is 0 Å². The highest BCUT2D eigenvalue weighted by molar-refractivity contribution is 6.16. The summed E-state index contributed by atoms with van der Waals surface area (Å²) < 4.78 is 15.2. The molecule has 4 aromatic heterocycles. The molecule has 0 saturated heterocycles. The molecule has 13 aromatic rings. The van der Waals surface area contributed by atoms with E-state index in [9.17, 15) is 0 Å². The molecule has 0 aliphatic heterocycles. The molecule has 0 N–H and O–H groups in total. The summed E-state index contributed by atoms with van der Waals surface area (Å²) in [6, 6.07) is 67.6. The predicted molar refractivity (Wildman–Crippen MR) is 248 cm³/mol. The van der Waals surface area contributed by atoms with Gasteiger partial charge < -0.3 is 13.4 Å². The third-order valence-corrected chi connectivity index (χ3v) is 12.0. The van der Waals surface area contributed by atoms with E-state index < -0.39 is 0 Å². The van der Waals surface area contributed by atoms with Gasteiger partial charge in [0.05, 0.1) is 16.7 Å². The van der Waals surface area contributed by atoms with Gasteiger partial charge in [0.1, 0.15) is 22.3 Å². The zero-order valence-electron chi connectivity index (χ0n) is 32.6. The van der Waals surface area contributed by atoms with Crippen molar-refractivity contribution in [2.45, 2.75) is 0 Å². The molecule has 6 nitrogen and oxygen atoms in total. The van der Waals surface area contributed by atoms with E-state index in [-0.39, 0.29) is 0 Å². The van der Waals surface area contributed by atoms with E-state index in [0.29, 0.717) is 17.5 Å². The number of nitrogens with zero attached hydrogens (tertiary/aromatic N) is 4. The molecule has 0 spiro atoms. The minimum atomic E-state index is 0.564. The first-order chi connectivity index (χ1) is 30.2. The second-order valence-electron chi connectivity index (χ2n) is 15.6. The summed E-state index contributed by atoms with van der Waals surface area (Å²) in [5, 5.41) is 9.05. The standard InChI is InChI=1S/C55H32N4O2/c1-2-13-33(14-3-1)53-56-54(58-55(57-53)37-25-27-40-39-18-7-10-22-48(39)61-51(40)32-37)36-26-28-46(44(30-36)41-20-12-24-50-52(41)42-19-8-11-23-49(42)60-50)59-45-21-9-6-17-38(45)43-29-34-15-4-5-16-35(34)31-47(43)59/h1-32H. The lowest BCUT2D eigenvalue weighted by atomic mass is 9.95. The van der Waals surface area contributed by atoms with Crippen LogP contribution in [0.15, 0.2) is 203 Å². The second-order valence-corrected chi connectivity index (χ2v) is 15.6. The van der Waals surface area contributed by atoms with Crippen LogP contribution >= 0.6 is 0 Å². The molecule has 13 rings (SSSR count). The molecule has 0 aliphatic rings. The summed E-state index contributed by atoms with van der Waals surface area (Å²) >= 11 is 0. The van der Waals surface area contributed by atoms with Crippen molar-refractivity contribution in [3.8, 4) is 51.0 Å². The van der Waals surface area contributed by atoms with Crippen molar-refractivity contribution in [2.24, 2.45) is 0 Å². The van der Waals surface area contributed by atoms with Gasteiger partial charge in [-0.15, -0.1) is 0 Å². The lowest BCUT2D eigenvalue weighted by molar-refractivity contribution is 0.668. The quantitative estimate of drug-likeness (QED) is 0.174. The van der Waals surface area contributed by atoms with Crippen molar-refractivity contribution in [1.82, 2.24) is 19.5 Å². The first kappa shape index (κ1) is 33.6. The molecule has 284 valence electrons. The van der Waals surface area contributed by atoms with E-state index in [1.807, 2.05) is 66.7 Å². The first-order valence-electron chi connectivity index (χ1n) is 20.4. The van der Waals surface area contributed by atoms with Gasteiger partial charge in [-0.1, -0.05) is 127 Å². The number of benzene rings is 9. The normalized spacial score (nSPS) is 11.9. The van der Waals surface area contributed by atoms with Crippen molar-refractivity contribution in [3.05, 3.63) is 194 Å². The van der Waals surface area contributed by atoms with Gasteiger partial charge in [0.15, 0.2) is 17.5 Å². The molecule has 61 heavy (non-hydrogen) atoms. The maximum atomic E-state index is 6.48. The van der Waals surface area contributed by atoms with E-state index in [4.69, 9.17) is 23.8 Å². The van der Waals surface area contributed by atoms with Gasteiger partial charge in [0.25, 0.3) is 0 Å². The van der Waals surface area contributed by atoms with E-state index in [1.165, 1.54) is 21.5 Å². The molecule has 0 amide bonds. The van der Waals surface area contributed by atoms with Crippen molar-refractivity contribution < 1.29 is 8.83 Å². The molecular formula is C55H32N4O2. The smallest absolute Gasteiger partial charge is 0.164 e. The van der Waals surface area contributed by atoms with Crippen molar-refractivity contribution in [3.63, 3.8) is 0 Å². The molecule has 0 radical (unpaired) electrons. The SMILES string of the molecule is c1ccc(-c2nc(-c3ccc(-n4c5ccccc5c5cc6ccccc6cc54)c(-c4cccc5oc6ccccc6c45)c3)nc(-c3ccc4c(c3)oc3ccccc34)n2)cc1. The van der Waals surface area contributed by atoms with Crippen molar-refractivity contribution in [1.29, 1.82) is 0 Å². The Labute approximate surface area is 348 Å².